The van der Waals surface area contributed by atoms with Gasteiger partial charge in [0.2, 0.25) is 0 Å². The van der Waals surface area contributed by atoms with E-state index >= 15 is 0 Å². The molecule has 0 aliphatic rings. The maximum Gasteiger partial charge on any atom is 0.0655 e. The molecule has 0 saturated heterocycles. The molecule has 0 nitrogen and oxygen atoms in total. The van der Waals surface area contributed by atoms with Gasteiger partial charge < -0.3 is 0 Å². The first kappa shape index (κ1) is 16.1. The second kappa shape index (κ2) is 6.21. The molecular formula is C17H17Br2Cl. The van der Waals surface area contributed by atoms with Gasteiger partial charge in [0.15, 0.2) is 0 Å². The summed E-state index contributed by atoms with van der Waals surface area (Å²) in [6, 6.07) is 14.7. The average Bonchev–Trinajstić information content (AvgIpc) is 2.37. The molecule has 0 aromatic heterocycles. The zero-order valence-electron chi connectivity index (χ0n) is 11.8. The van der Waals surface area contributed by atoms with Gasteiger partial charge in [0, 0.05) is 9.50 Å². The molecule has 0 aliphatic heterocycles. The Morgan fingerprint density at radius 3 is 2.10 bits per heavy atom. The first-order valence-corrected chi connectivity index (χ1v) is 8.57. The average molecular weight is 417 g/mol. The van der Waals surface area contributed by atoms with Crippen LogP contribution in [0.2, 0.25) is 5.02 Å². The Kier molecular flexibility index (Phi) is 4.99. The third kappa shape index (κ3) is 3.66. The molecule has 0 bridgehead atoms. The predicted octanol–water partition coefficient (Wildman–Crippen LogP) is 6.88. The van der Waals surface area contributed by atoms with Crippen LogP contribution >= 0.6 is 43.5 Å². The molecule has 0 radical (unpaired) electrons. The summed E-state index contributed by atoms with van der Waals surface area (Å²) in [5, 5.41) is 0.739. The first-order chi connectivity index (χ1) is 9.29. The van der Waals surface area contributed by atoms with E-state index in [1.54, 1.807) is 0 Å². The summed E-state index contributed by atoms with van der Waals surface area (Å²) in [4.78, 5) is 0.156. The molecule has 1 unspecified atom stereocenters. The molecule has 3 heteroatoms. The zero-order chi connectivity index (χ0) is 14.9. The maximum atomic E-state index is 5.99. The summed E-state index contributed by atoms with van der Waals surface area (Å²) in [5.41, 5.74) is 3.94. The summed E-state index contributed by atoms with van der Waals surface area (Å²) < 4.78 is 1.02. The standard InChI is InChI=1S/C17H17Br2Cl/c1-17(2,3)12-6-4-11(5-7-12)16(19)14-9-8-13(20)10-15(14)18/h4-10,16H,1-3H3. The molecule has 106 valence electrons. The van der Waals surface area contributed by atoms with Crippen molar-refractivity contribution >= 4 is 43.5 Å². The molecule has 2 aromatic carbocycles. The third-order valence-electron chi connectivity index (χ3n) is 3.30. The summed E-state index contributed by atoms with van der Waals surface area (Å²) >= 11 is 13.3. The number of hydrogen-bond acceptors (Lipinski definition) is 0. The molecule has 0 fully saturated rings. The number of benzene rings is 2. The van der Waals surface area contributed by atoms with Gasteiger partial charge in [0.1, 0.15) is 0 Å². The van der Waals surface area contributed by atoms with Crippen molar-refractivity contribution < 1.29 is 0 Å². The third-order valence-corrected chi connectivity index (χ3v) is 5.25. The van der Waals surface area contributed by atoms with E-state index in [4.69, 9.17) is 11.6 Å². The van der Waals surface area contributed by atoms with Crippen molar-refractivity contribution in [3.05, 3.63) is 68.7 Å². The molecule has 2 aromatic rings. The van der Waals surface area contributed by atoms with Crippen LogP contribution in [0.5, 0.6) is 0 Å². The van der Waals surface area contributed by atoms with Crippen LogP contribution in [0.1, 0.15) is 42.3 Å². The Morgan fingerprint density at radius 1 is 1.00 bits per heavy atom. The van der Waals surface area contributed by atoms with E-state index in [0.717, 1.165) is 9.50 Å². The van der Waals surface area contributed by atoms with Crippen LogP contribution in [0.25, 0.3) is 0 Å². The molecule has 0 spiro atoms. The first-order valence-electron chi connectivity index (χ1n) is 6.48. The van der Waals surface area contributed by atoms with Crippen molar-refractivity contribution in [3.8, 4) is 0 Å². The minimum Gasteiger partial charge on any atom is -0.0843 e. The number of hydrogen-bond donors (Lipinski definition) is 0. The number of alkyl halides is 1. The lowest BCUT2D eigenvalue weighted by Gasteiger charge is -2.20. The molecule has 0 saturated carbocycles. The smallest absolute Gasteiger partial charge is 0.0655 e. The van der Waals surface area contributed by atoms with E-state index in [1.807, 2.05) is 18.2 Å². The Bertz CT molecular complexity index is 597. The van der Waals surface area contributed by atoms with Crippen molar-refractivity contribution in [2.75, 3.05) is 0 Å². The lowest BCUT2D eigenvalue weighted by Crippen LogP contribution is -2.10. The molecule has 0 N–H and O–H groups in total. The molecule has 1 atom stereocenters. The Hall–Kier alpha value is -0.310. The Morgan fingerprint density at radius 2 is 1.60 bits per heavy atom. The summed E-state index contributed by atoms with van der Waals surface area (Å²) in [5.74, 6) is 0. The van der Waals surface area contributed by atoms with Gasteiger partial charge in [-0.3, -0.25) is 0 Å². The van der Waals surface area contributed by atoms with Crippen molar-refractivity contribution in [1.29, 1.82) is 0 Å². The Labute approximate surface area is 142 Å². The molecular weight excluding hydrogens is 399 g/mol. The van der Waals surface area contributed by atoms with Crippen LogP contribution in [0.4, 0.5) is 0 Å². The zero-order valence-corrected chi connectivity index (χ0v) is 15.7. The van der Waals surface area contributed by atoms with Gasteiger partial charge >= 0.3 is 0 Å². The fraction of sp³-hybridized carbons (Fsp3) is 0.294. The topological polar surface area (TPSA) is 0 Å². The summed E-state index contributed by atoms with van der Waals surface area (Å²) in [7, 11) is 0. The highest BCUT2D eigenvalue weighted by atomic mass is 79.9. The van der Waals surface area contributed by atoms with Gasteiger partial charge in [-0.2, -0.15) is 0 Å². The van der Waals surface area contributed by atoms with Crippen LogP contribution in [-0.4, -0.2) is 0 Å². The quantitative estimate of drug-likeness (QED) is 0.468. The summed E-state index contributed by atoms with van der Waals surface area (Å²) in [6.45, 7) is 6.68. The van der Waals surface area contributed by atoms with Gasteiger partial charge in [-0.25, -0.2) is 0 Å². The molecule has 0 heterocycles. The minimum atomic E-state index is 0.156. The van der Waals surface area contributed by atoms with Crippen molar-refractivity contribution in [1.82, 2.24) is 0 Å². The van der Waals surface area contributed by atoms with E-state index in [2.05, 4.69) is 76.9 Å². The van der Waals surface area contributed by atoms with Gasteiger partial charge in [0.25, 0.3) is 0 Å². The summed E-state index contributed by atoms with van der Waals surface area (Å²) in [6.07, 6.45) is 0. The maximum absolute atomic E-state index is 5.99. The van der Waals surface area contributed by atoms with E-state index in [0.29, 0.717) is 0 Å². The second-order valence-electron chi connectivity index (χ2n) is 5.90. The van der Waals surface area contributed by atoms with E-state index in [9.17, 15) is 0 Å². The van der Waals surface area contributed by atoms with Crippen LogP contribution < -0.4 is 0 Å². The highest BCUT2D eigenvalue weighted by Crippen LogP contribution is 2.37. The molecule has 20 heavy (non-hydrogen) atoms. The van der Waals surface area contributed by atoms with Crippen LogP contribution in [0.15, 0.2) is 46.9 Å². The normalized spacial score (nSPS) is 13.3. The van der Waals surface area contributed by atoms with Gasteiger partial charge in [-0.1, -0.05) is 94.6 Å². The SMILES string of the molecule is CC(C)(C)c1ccc(C(Br)c2ccc(Cl)cc2Br)cc1. The van der Waals surface area contributed by atoms with Crippen LogP contribution in [0.3, 0.4) is 0 Å². The van der Waals surface area contributed by atoms with Crippen molar-refractivity contribution in [2.24, 2.45) is 0 Å². The minimum absolute atomic E-state index is 0.156. The van der Waals surface area contributed by atoms with Crippen molar-refractivity contribution in [3.63, 3.8) is 0 Å². The van der Waals surface area contributed by atoms with E-state index < -0.39 is 0 Å². The van der Waals surface area contributed by atoms with Gasteiger partial charge in [0.05, 0.1) is 4.83 Å². The monoisotopic (exact) mass is 414 g/mol. The van der Waals surface area contributed by atoms with Gasteiger partial charge in [-0.15, -0.1) is 0 Å². The van der Waals surface area contributed by atoms with E-state index in [1.165, 1.54) is 16.7 Å². The van der Waals surface area contributed by atoms with Gasteiger partial charge in [-0.05, 0) is 34.2 Å². The van der Waals surface area contributed by atoms with Crippen LogP contribution in [0, 0.1) is 0 Å². The van der Waals surface area contributed by atoms with Crippen LogP contribution in [-0.2, 0) is 5.41 Å². The Balaban J connectivity index is 2.31. The lowest BCUT2D eigenvalue weighted by atomic mass is 9.86. The molecule has 2 rings (SSSR count). The van der Waals surface area contributed by atoms with E-state index in [-0.39, 0.29) is 10.2 Å². The predicted molar refractivity (Wildman–Crippen MR) is 95.1 cm³/mol. The number of halogens is 3. The highest BCUT2D eigenvalue weighted by molar-refractivity contribution is 9.11. The molecule has 0 amide bonds. The number of rotatable bonds is 2. The largest absolute Gasteiger partial charge is 0.0843 e. The molecule has 0 aliphatic carbocycles. The van der Waals surface area contributed by atoms with Crippen molar-refractivity contribution in [2.45, 2.75) is 31.0 Å². The fourth-order valence-corrected chi connectivity index (χ4v) is 3.96. The fourth-order valence-electron chi connectivity index (χ4n) is 2.04. The lowest BCUT2D eigenvalue weighted by molar-refractivity contribution is 0.590. The highest BCUT2D eigenvalue weighted by Gasteiger charge is 2.16. The second-order valence-corrected chi connectivity index (χ2v) is 8.11.